The lowest BCUT2D eigenvalue weighted by Crippen LogP contribution is -2.66. The molecule has 3 nitrogen and oxygen atoms in total. The van der Waals surface area contributed by atoms with E-state index in [9.17, 15) is 0 Å². The van der Waals surface area contributed by atoms with Gasteiger partial charge in [-0.15, -0.1) is 0 Å². The zero-order valence-electron chi connectivity index (χ0n) is 13.4. The zero-order valence-corrected chi connectivity index (χ0v) is 13.4. The molecule has 3 unspecified atom stereocenters. The summed E-state index contributed by atoms with van der Waals surface area (Å²) >= 11 is 0. The summed E-state index contributed by atoms with van der Waals surface area (Å²) in [6.07, 6.45) is 12.7. The normalized spacial score (nSPS) is 38.4. The highest BCUT2D eigenvalue weighted by molar-refractivity contribution is 5.04. The molecule has 2 aliphatic carbocycles. The van der Waals surface area contributed by atoms with Crippen LogP contribution in [0.4, 0.5) is 0 Å². The molecule has 3 aliphatic rings. The summed E-state index contributed by atoms with van der Waals surface area (Å²) in [6.45, 7) is 4.80. The van der Waals surface area contributed by atoms with Crippen LogP contribution in [0.15, 0.2) is 0 Å². The third kappa shape index (κ3) is 2.77. The van der Waals surface area contributed by atoms with E-state index in [4.69, 9.17) is 4.74 Å². The molecule has 2 saturated carbocycles. The number of ether oxygens (including phenoxy) is 1. The van der Waals surface area contributed by atoms with Gasteiger partial charge in [-0.3, -0.25) is 4.90 Å². The van der Waals surface area contributed by atoms with Gasteiger partial charge >= 0.3 is 0 Å². The largest absolute Gasteiger partial charge is 0.381 e. The number of nitrogens with zero attached hydrogens (tertiary/aromatic N) is 1. The number of hydrogen-bond acceptors (Lipinski definition) is 3. The molecule has 0 bridgehead atoms. The maximum Gasteiger partial charge on any atom is 0.0586 e. The molecule has 1 spiro atoms. The molecule has 3 fully saturated rings. The van der Waals surface area contributed by atoms with Crippen molar-refractivity contribution in [3.05, 3.63) is 0 Å². The Labute approximate surface area is 124 Å². The molecule has 0 amide bonds. The van der Waals surface area contributed by atoms with Crippen molar-refractivity contribution in [1.82, 2.24) is 10.2 Å². The van der Waals surface area contributed by atoms with E-state index in [1.165, 1.54) is 70.9 Å². The quantitative estimate of drug-likeness (QED) is 0.860. The third-order valence-corrected chi connectivity index (χ3v) is 6.15. The van der Waals surface area contributed by atoms with Gasteiger partial charge in [-0.25, -0.2) is 0 Å². The van der Waals surface area contributed by atoms with Gasteiger partial charge < -0.3 is 10.1 Å². The van der Waals surface area contributed by atoms with Crippen LogP contribution in [0.25, 0.3) is 0 Å². The van der Waals surface area contributed by atoms with Crippen LogP contribution >= 0.6 is 0 Å². The second-order valence-corrected chi connectivity index (χ2v) is 7.25. The first-order valence-corrected chi connectivity index (χ1v) is 8.80. The number of nitrogens with one attached hydrogen (secondary N) is 1. The number of rotatable bonds is 3. The Morgan fingerprint density at radius 2 is 2.00 bits per heavy atom. The first-order chi connectivity index (χ1) is 9.77. The monoisotopic (exact) mass is 280 g/mol. The lowest BCUT2D eigenvalue weighted by molar-refractivity contribution is -0.0391. The molecule has 1 N–H and O–H groups in total. The van der Waals surface area contributed by atoms with E-state index in [0.29, 0.717) is 17.7 Å². The summed E-state index contributed by atoms with van der Waals surface area (Å²) in [7, 11) is 1.89. The van der Waals surface area contributed by atoms with Crippen LogP contribution in [0.5, 0.6) is 0 Å². The standard InChI is InChI=1S/C17H32N2O/c1-3-14-12-19(15-7-6-8-16(11-15)20-2)17(13-18-14)9-4-5-10-17/h14-16,18H,3-13H2,1-2H3. The minimum absolute atomic E-state index is 0.478. The Morgan fingerprint density at radius 1 is 1.20 bits per heavy atom. The Balaban J connectivity index is 1.74. The van der Waals surface area contributed by atoms with Crippen molar-refractivity contribution in [3.63, 3.8) is 0 Å². The molecule has 0 aromatic heterocycles. The smallest absolute Gasteiger partial charge is 0.0586 e. The molecule has 1 saturated heterocycles. The Bertz CT molecular complexity index is 314. The molecule has 3 heteroatoms. The van der Waals surface area contributed by atoms with E-state index in [0.717, 1.165) is 6.04 Å². The van der Waals surface area contributed by atoms with E-state index >= 15 is 0 Å². The number of hydrogen-bond donors (Lipinski definition) is 1. The maximum absolute atomic E-state index is 5.67. The summed E-state index contributed by atoms with van der Waals surface area (Å²) in [5.41, 5.74) is 0.478. The van der Waals surface area contributed by atoms with Crippen molar-refractivity contribution in [3.8, 4) is 0 Å². The van der Waals surface area contributed by atoms with Crippen LogP contribution in [-0.4, -0.2) is 48.8 Å². The van der Waals surface area contributed by atoms with Crippen molar-refractivity contribution < 1.29 is 4.74 Å². The lowest BCUT2D eigenvalue weighted by atomic mass is 9.83. The van der Waals surface area contributed by atoms with Gasteiger partial charge in [0.25, 0.3) is 0 Å². The summed E-state index contributed by atoms with van der Waals surface area (Å²) in [5.74, 6) is 0. The highest BCUT2D eigenvalue weighted by Crippen LogP contribution is 2.41. The van der Waals surface area contributed by atoms with Crippen molar-refractivity contribution in [2.24, 2.45) is 0 Å². The van der Waals surface area contributed by atoms with Crippen molar-refractivity contribution >= 4 is 0 Å². The van der Waals surface area contributed by atoms with Crippen LogP contribution in [0.2, 0.25) is 0 Å². The first-order valence-electron chi connectivity index (χ1n) is 8.80. The molecular weight excluding hydrogens is 248 g/mol. The summed E-state index contributed by atoms with van der Waals surface area (Å²) in [4.78, 5) is 2.93. The highest BCUT2D eigenvalue weighted by Gasteiger charge is 2.46. The Kier molecular flexibility index (Phi) is 4.68. The molecule has 1 heterocycles. The lowest BCUT2D eigenvalue weighted by Gasteiger charge is -2.53. The average Bonchev–Trinajstić information content (AvgIpc) is 2.97. The van der Waals surface area contributed by atoms with Crippen LogP contribution in [0.3, 0.4) is 0 Å². The average molecular weight is 280 g/mol. The molecule has 1 aliphatic heterocycles. The second-order valence-electron chi connectivity index (χ2n) is 7.25. The van der Waals surface area contributed by atoms with Crippen LogP contribution in [0, 0.1) is 0 Å². The molecular formula is C17H32N2O. The zero-order chi connectivity index (χ0) is 14.0. The van der Waals surface area contributed by atoms with E-state index < -0.39 is 0 Å². The fourth-order valence-electron chi connectivity index (χ4n) is 4.86. The van der Waals surface area contributed by atoms with Crippen molar-refractivity contribution in [1.29, 1.82) is 0 Å². The van der Waals surface area contributed by atoms with Gasteiger partial charge in [0.1, 0.15) is 0 Å². The molecule has 0 radical (unpaired) electrons. The summed E-state index contributed by atoms with van der Waals surface area (Å²) in [5, 5.41) is 3.82. The summed E-state index contributed by atoms with van der Waals surface area (Å²) < 4.78 is 5.67. The van der Waals surface area contributed by atoms with Gasteiger partial charge in [0.05, 0.1) is 6.10 Å². The van der Waals surface area contributed by atoms with Crippen LogP contribution in [0.1, 0.15) is 64.7 Å². The van der Waals surface area contributed by atoms with Gasteiger partial charge in [0.15, 0.2) is 0 Å². The van der Waals surface area contributed by atoms with E-state index in [2.05, 4.69) is 17.1 Å². The van der Waals surface area contributed by atoms with E-state index in [1.807, 2.05) is 7.11 Å². The second kappa shape index (κ2) is 6.33. The third-order valence-electron chi connectivity index (χ3n) is 6.15. The van der Waals surface area contributed by atoms with Gasteiger partial charge in [0.2, 0.25) is 0 Å². The number of methoxy groups -OCH3 is 1. The molecule has 3 atom stereocenters. The highest BCUT2D eigenvalue weighted by atomic mass is 16.5. The van der Waals surface area contributed by atoms with Crippen LogP contribution < -0.4 is 5.32 Å². The topological polar surface area (TPSA) is 24.5 Å². The van der Waals surface area contributed by atoms with Gasteiger partial charge in [0, 0.05) is 37.8 Å². The fraction of sp³-hybridized carbons (Fsp3) is 1.00. The molecule has 3 rings (SSSR count). The SMILES string of the molecule is CCC1CN(C2CCCC(OC)C2)C2(CCCC2)CN1. The molecule has 0 aromatic rings. The van der Waals surface area contributed by atoms with Gasteiger partial charge in [-0.1, -0.05) is 19.8 Å². The van der Waals surface area contributed by atoms with Gasteiger partial charge in [-0.05, 0) is 44.9 Å². The first kappa shape index (κ1) is 14.8. The molecule has 0 aromatic carbocycles. The van der Waals surface area contributed by atoms with Gasteiger partial charge in [-0.2, -0.15) is 0 Å². The number of piperazine rings is 1. The predicted molar refractivity (Wildman–Crippen MR) is 83.0 cm³/mol. The fourth-order valence-corrected chi connectivity index (χ4v) is 4.86. The predicted octanol–water partition coefficient (Wildman–Crippen LogP) is 2.94. The summed E-state index contributed by atoms with van der Waals surface area (Å²) in [6, 6.07) is 1.46. The Hall–Kier alpha value is -0.120. The molecule has 20 heavy (non-hydrogen) atoms. The Morgan fingerprint density at radius 3 is 2.70 bits per heavy atom. The van der Waals surface area contributed by atoms with E-state index in [1.54, 1.807) is 0 Å². The van der Waals surface area contributed by atoms with Crippen molar-refractivity contribution in [2.45, 2.75) is 88.4 Å². The maximum atomic E-state index is 5.67. The minimum Gasteiger partial charge on any atom is -0.381 e. The molecule has 116 valence electrons. The minimum atomic E-state index is 0.478. The van der Waals surface area contributed by atoms with Crippen LogP contribution in [-0.2, 0) is 4.74 Å². The van der Waals surface area contributed by atoms with E-state index in [-0.39, 0.29) is 0 Å². The van der Waals surface area contributed by atoms with Crippen molar-refractivity contribution in [2.75, 3.05) is 20.2 Å².